The highest BCUT2D eigenvalue weighted by molar-refractivity contribution is 7.91. The number of aryl methyl sites for hydroxylation is 1. The molecule has 19 heavy (non-hydrogen) atoms. The third-order valence-corrected chi connectivity index (χ3v) is 4.98. The third-order valence-electron chi connectivity index (χ3n) is 3.02. The van der Waals surface area contributed by atoms with Crippen LogP contribution in [0.4, 0.5) is 4.39 Å². The number of halogens is 1. The van der Waals surface area contributed by atoms with Gasteiger partial charge in [-0.15, -0.1) is 0 Å². The molecule has 1 aromatic carbocycles. The van der Waals surface area contributed by atoms with E-state index in [4.69, 9.17) is 5.11 Å². The van der Waals surface area contributed by atoms with Crippen LogP contribution in [0.5, 0.6) is 0 Å². The highest BCUT2D eigenvalue weighted by Gasteiger charge is 2.22. The molecule has 4 nitrogen and oxygen atoms in total. The summed E-state index contributed by atoms with van der Waals surface area (Å²) in [5, 5.41) is 8.87. The molecule has 1 unspecified atom stereocenters. The van der Waals surface area contributed by atoms with Crippen molar-refractivity contribution >= 4 is 15.8 Å². The number of aromatic carboxylic acids is 1. The Morgan fingerprint density at radius 3 is 2.47 bits per heavy atom. The second-order valence-corrected chi connectivity index (χ2v) is 6.74. The van der Waals surface area contributed by atoms with Gasteiger partial charge in [0.2, 0.25) is 0 Å². The quantitative estimate of drug-likeness (QED) is 0.845. The zero-order valence-corrected chi connectivity index (χ0v) is 11.9. The predicted molar refractivity (Wildman–Crippen MR) is 69.6 cm³/mol. The average molecular weight is 288 g/mol. The predicted octanol–water partition coefficient (Wildman–Crippen LogP) is 2.65. The first kappa shape index (κ1) is 15.6. The fraction of sp³-hybridized carbons (Fsp3) is 0.462. The molecule has 0 aliphatic heterocycles. The van der Waals surface area contributed by atoms with E-state index in [-0.39, 0.29) is 22.1 Å². The molecule has 1 rings (SSSR count). The lowest BCUT2D eigenvalue weighted by Crippen LogP contribution is -2.15. The summed E-state index contributed by atoms with van der Waals surface area (Å²) in [6.45, 7) is 5.02. The fourth-order valence-corrected chi connectivity index (χ4v) is 3.49. The molecule has 1 aromatic rings. The molecular formula is C13H17FO4S. The van der Waals surface area contributed by atoms with Crippen LogP contribution in [0.3, 0.4) is 0 Å². The molecule has 0 heterocycles. The third kappa shape index (κ3) is 3.53. The van der Waals surface area contributed by atoms with Crippen molar-refractivity contribution in [3.05, 3.63) is 29.1 Å². The minimum absolute atomic E-state index is 0.0163. The Balaban J connectivity index is 3.32. The van der Waals surface area contributed by atoms with Gasteiger partial charge in [-0.3, -0.25) is 0 Å². The van der Waals surface area contributed by atoms with Crippen LogP contribution >= 0.6 is 0 Å². The van der Waals surface area contributed by atoms with Crippen LogP contribution in [0, 0.1) is 18.7 Å². The summed E-state index contributed by atoms with van der Waals surface area (Å²) < 4.78 is 37.8. The molecule has 0 aliphatic carbocycles. The van der Waals surface area contributed by atoms with E-state index in [1.807, 2.05) is 6.92 Å². The van der Waals surface area contributed by atoms with Crippen LogP contribution in [-0.4, -0.2) is 25.2 Å². The Hall–Kier alpha value is -1.43. The fourth-order valence-electron chi connectivity index (χ4n) is 1.66. The van der Waals surface area contributed by atoms with Gasteiger partial charge in [-0.1, -0.05) is 20.3 Å². The summed E-state index contributed by atoms with van der Waals surface area (Å²) in [4.78, 5) is 10.8. The van der Waals surface area contributed by atoms with Crippen molar-refractivity contribution in [3.63, 3.8) is 0 Å². The van der Waals surface area contributed by atoms with Crippen molar-refractivity contribution in [2.75, 3.05) is 5.75 Å². The molecule has 1 atom stereocenters. The van der Waals surface area contributed by atoms with E-state index in [0.29, 0.717) is 6.42 Å². The maximum Gasteiger partial charge on any atom is 0.338 e. The SMILES string of the molecule is CCC(C)CS(=O)(=O)c1cc(C)c(F)c(C(=O)O)c1. The van der Waals surface area contributed by atoms with Crippen LogP contribution in [-0.2, 0) is 9.84 Å². The summed E-state index contributed by atoms with van der Waals surface area (Å²) in [6, 6.07) is 2.07. The molecule has 0 amide bonds. The van der Waals surface area contributed by atoms with E-state index in [2.05, 4.69) is 0 Å². The van der Waals surface area contributed by atoms with Gasteiger partial charge in [-0.2, -0.15) is 0 Å². The van der Waals surface area contributed by atoms with Gasteiger partial charge < -0.3 is 5.11 Å². The van der Waals surface area contributed by atoms with E-state index >= 15 is 0 Å². The molecule has 0 aliphatic rings. The lowest BCUT2D eigenvalue weighted by Gasteiger charge is -2.11. The number of sulfone groups is 1. The zero-order chi connectivity index (χ0) is 14.8. The molecule has 0 fully saturated rings. The van der Waals surface area contributed by atoms with E-state index in [1.54, 1.807) is 6.92 Å². The second kappa shape index (κ2) is 5.69. The van der Waals surface area contributed by atoms with Crippen molar-refractivity contribution in [3.8, 4) is 0 Å². The first-order chi connectivity index (χ1) is 8.69. The first-order valence-corrected chi connectivity index (χ1v) is 7.60. The molecule has 0 saturated carbocycles. The maximum absolute atomic E-state index is 13.6. The van der Waals surface area contributed by atoms with Gasteiger partial charge in [0.15, 0.2) is 9.84 Å². The number of rotatable bonds is 5. The van der Waals surface area contributed by atoms with Crippen molar-refractivity contribution in [2.24, 2.45) is 5.92 Å². The normalized spacial score (nSPS) is 13.3. The first-order valence-electron chi connectivity index (χ1n) is 5.95. The van der Waals surface area contributed by atoms with Crippen LogP contribution in [0.1, 0.15) is 36.2 Å². The largest absolute Gasteiger partial charge is 0.478 e. The Morgan fingerprint density at radius 2 is 2.00 bits per heavy atom. The summed E-state index contributed by atoms with van der Waals surface area (Å²) in [5.74, 6) is -2.48. The molecular weight excluding hydrogens is 271 g/mol. The Bertz CT molecular complexity index is 593. The Kier molecular flexibility index (Phi) is 4.68. The van der Waals surface area contributed by atoms with Crippen LogP contribution < -0.4 is 0 Å². The number of hydrogen-bond donors (Lipinski definition) is 1. The Morgan fingerprint density at radius 1 is 1.42 bits per heavy atom. The number of benzene rings is 1. The topological polar surface area (TPSA) is 71.4 Å². The maximum atomic E-state index is 13.6. The van der Waals surface area contributed by atoms with E-state index < -0.39 is 27.2 Å². The summed E-state index contributed by atoms with van der Waals surface area (Å²) in [6.07, 6.45) is 0.700. The molecule has 0 radical (unpaired) electrons. The molecule has 0 saturated heterocycles. The van der Waals surface area contributed by atoms with Crippen molar-refractivity contribution in [1.82, 2.24) is 0 Å². The molecule has 0 aromatic heterocycles. The van der Waals surface area contributed by atoms with Gasteiger partial charge in [-0.25, -0.2) is 17.6 Å². The van der Waals surface area contributed by atoms with Gasteiger partial charge in [0.05, 0.1) is 16.2 Å². The van der Waals surface area contributed by atoms with Crippen molar-refractivity contribution in [1.29, 1.82) is 0 Å². The lowest BCUT2D eigenvalue weighted by atomic mass is 10.1. The van der Waals surface area contributed by atoms with Crippen molar-refractivity contribution in [2.45, 2.75) is 32.1 Å². The number of hydrogen-bond acceptors (Lipinski definition) is 3. The molecule has 106 valence electrons. The number of carbonyl (C=O) groups is 1. The molecule has 6 heteroatoms. The van der Waals surface area contributed by atoms with E-state index in [9.17, 15) is 17.6 Å². The zero-order valence-electron chi connectivity index (χ0n) is 11.1. The molecule has 0 spiro atoms. The van der Waals surface area contributed by atoms with Gasteiger partial charge in [0.1, 0.15) is 5.82 Å². The Labute approximate surface area is 112 Å². The highest BCUT2D eigenvalue weighted by atomic mass is 32.2. The highest BCUT2D eigenvalue weighted by Crippen LogP contribution is 2.22. The number of carboxylic acid groups (broad SMARTS) is 1. The van der Waals surface area contributed by atoms with E-state index in [0.717, 1.165) is 6.07 Å². The lowest BCUT2D eigenvalue weighted by molar-refractivity contribution is 0.0691. The van der Waals surface area contributed by atoms with Gasteiger partial charge >= 0.3 is 5.97 Å². The van der Waals surface area contributed by atoms with Gasteiger partial charge in [0, 0.05) is 0 Å². The monoisotopic (exact) mass is 288 g/mol. The smallest absolute Gasteiger partial charge is 0.338 e. The van der Waals surface area contributed by atoms with Crippen LogP contribution in [0.2, 0.25) is 0 Å². The van der Waals surface area contributed by atoms with E-state index in [1.165, 1.54) is 13.0 Å². The number of carboxylic acids is 1. The summed E-state index contributed by atoms with van der Waals surface area (Å²) in [5.41, 5.74) is -0.592. The van der Waals surface area contributed by atoms with Crippen LogP contribution in [0.15, 0.2) is 17.0 Å². The standard InChI is InChI=1S/C13H17FO4S/c1-4-8(2)7-19(17,18)10-5-9(3)12(14)11(6-10)13(15)16/h5-6,8H,4,7H2,1-3H3,(H,15,16). The van der Waals surface area contributed by atoms with Crippen LogP contribution in [0.25, 0.3) is 0 Å². The average Bonchev–Trinajstić information content (AvgIpc) is 2.31. The summed E-state index contributed by atoms with van der Waals surface area (Å²) >= 11 is 0. The van der Waals surface area contributed by atoms with Gasteiger partial charge in [0.25, 0.3) is 0 Å². The molecule has 0 bridgehead atoms. The second-order valence-electron chi connectivity index (χ2n) is 4.70. The minimum Gasteiger partial charge on any atom is -0.478 e. The van der Waals surface area contributed by atoms with Gasteiger partial charge in [-0.05, 0) is 30.5 Å². The van der Waals surface area contributed by atoms with Crippen molar-refractivity contribution < 1.29 is 22.7 Å². The molecule has 1 N–H and O–H groups in total. The summed E-state index contributed by atoms with van der Waals surface area (Å²) in [7, 11) is -3.60. The minimum atomic E-state index is -3.60.